The van der Waals surface area contributed by atoms with Crippen molar-refractivity contribution in [3.05, 3.63) is 138 Å². The molecule has 1 aromatic heterocycles. The third-order valence-corrected chi connectivity index (χ3v) is 8.41. The number of ether oxygens (including phenoxy) is 3. The zero-order valence-electron chi connectivity index (χ0n) is 24.8. The van der Waals surface area contributed by atoms with E-state index in [2.05, 4.69) is 6.58 Å². The quantitative estimate of drug-likeness (QED) is 0.147. The van der Waals surface area contributed by atoms with Gasteiger partial charge in [-0.25, -0.2) is 9.79 Å². The summed E-state index contributed by atoms with van der Waals surface area (Å²) in [5.41, 5.74) is 4.15. The number of benzene rings is 3. The van der Waals surface area contributed by atoms with E-state index < -0.39 is 12.0 Å². The van der Waals surface area contributed by atoms with Gasteiger partial charge in [0.15, 0.2) is 16.3 Å². The number of nitrogens with zero attached hydrogens (tertiary/aromatic N) is 2. The summed E-state index contributed by atoms with van der Waals surface area (Å²) < 4.78 is 19.5. The number of rotatable bonds is 11. The Balaban J connectivity index is 1.63. The van der Waals surface area contributed by atoms with Crippen molar-refractivity contribution in [2.24, 2.45) is 4.99 Å². The number of methoxy groups -OCH3 is 1. The molecule has 1 aliphatic heterocycles. The minimum absolute atomic E-state index is 0.245. The van der Waals surface area contributed by atoms with Crippen molar-refractivity contribution in [2.45, 2.75) is 39.3 Å². The summed E-state index contributed by atoms with van der Waals surface area (Å²) in [5, 5.41) is 0.660. The second-order valence-corrected chi connectivity index (χ2v) is 11.5. The largest absolute Gasteiger partial charge is 0.490 e. The van der Waals surface area contributed by atoms with Crippen LogP contribution in [0.2, 0.25) is 5.02 Å². The highest BCUT2D eigenvalue weighted by Crippen LogP contribution is 2.35. The maximum atomic E-state index is 14.1. The Morgan fingerprint density at radius 3 is 2.50 bits per heavy atom. The van der Waals surface area contributed by atoms with Crippen LogP contribution in [-0.2, 0) is 22.6 Å². The van der Waals surface area contributed by atoms with E-state index in [-0.39, 0.29) is 5.56 Å². The van der Waals surface area contributed by atoms with Gasteiger partial charge in [0, 0.05) is 10.6 Å². The van der Waals surface area contributed by atoms with E-state index >= 15 is 0 Å². The Morgan fingerprint density at radius 1 is 1.09 bits per heavy atom. The SMILES string of the molecule is C=CCc1cc(/C=c2\sc3n(c2=O)[C@@H](c2ccccc2)C(C(=O)OC)=C(CC)N=3)cc(OCC)c1OCc1ccc(Cl)cc1. The number of aromatic nitrogens is 1. The highest BCUT2D eigenvalue weighted by molar-refractivity contribution is 7.07. The fourth-order valence-electron chi connectivity index (χ4n) is 5.20. The number of thiazole rings is 1. The van der Waals surface area contributed by atoms with Crippen molar-refractivity contribution in [1.29, 1.82) is 0 Å². The first kappa shape index (κ1) is 31.0. The van der Waals surface area contributed by atoms with Crippen molar-refractivity contribution in [3.63, 3.8) is 0 Å². The van der Waals surface area contributed by atoms with Crippen LogP contribution < -0.4 is 24.4 Å². The van der Waals surface area contributed by atoms with Gasteiger partial charge in [-0.1, -0.05) is 78.4 Å². The third-order valence-electron chi connectivity index (χ3n) is 7.18. The van der Waals surface area contributed by atoms with E-state index in [9.17, 15) is 9.59 Å². The van der Waals surface area contributed by atoms with Gasteiger partial charge in [0.25, 0.3) is 5.56 Å². The Morgan fingerprint density at radius 2 is 1.84 bits per heavy atom. The smallest absolute Gasteiger partial charge is 0.338 e. The number of carbonyl (C=O) groups is 1. The molecule has 3 aromatic carbocycles. The van der Waals surface area contributed by atoms with E-state index in [1.807, 2.05) is 86.7 Å². The Labute approximate surface area is 265 Å². The third kappa shape index (κ3) is 6.42. The van der Waals surface area contributed by atoms with Crippen LogP contribution in [-0.4, -0.2) is 24.3 Å². The van der Waals surface area contributed by atoms with Gasteiger partial charge < -0.3 is 14.2 Å². The van der Waals surface area contributed by atoms with Gasteiger partial charge in [-0.15, -0.1) is 6.58 Å². The number of allylic oxidation sites excluding steroid dienone is 2. The Hall–Kier alpha value is -4.40. The summed E-state index contributed by atoms with van der Waals surface area (Å²) in [5.74, 6) is 0.696. The molecule has 0 radical (unpaired) electrons. The van der Waals surface area contributed by atoms with Crippen molar-refractivity contribution in [1.82, 2.24) is 4.57 Å². The molecule has 2 heterocycles. The molecule has 4 aromatic rings. The van der Waals surface area contributed by atoms with Gasteiger partial charge >= 0.3 is 5.97 Å². The molecule has 44 heavy (non-hydrogen) atoms. The summed E-state index contributed by atoms with van der Waals surface area (Å²) in [6.07, 6.45) is 4.68. The molecule has 1 atom stereocenters. The molecule has 0 aliphatic carbocycles. The van der Waals surface area contributed by atoms with Gasteiger partial charge in [-0.2, -0.15) is 0 Å². The number of hydrogen-bond acceptors (Lipinski definition) is 7. The van der Waals surface area contributed by atoms with E-state index in [0.29, 0.717) is 63.2 Å². The number of esters is 1. The van der Waals surface area contributed by atoms with E-state index in [1.165, 1.54) is 18.4 Å². The van der Waals surface area contributed by atoms with Gasteiger partial charge in [0.05, 0.1) is 35.6 Å². The van der Waals surface area contributed by atoms with Crippen molar-refractivity contribution in [3.8, 4) is 11.5 Å². The fourth-order valence-corrected chi connectivity index (χ4v) is 6.35. The first-order valence-corrected chi connectivity index (χ1v) is 15.5. The highest BCUT2D eigenvalue weighted by atomic mass is 35.5. The summed E-state index contributed by atoms with van der Waals surface area (Å²) in [6, 6.07) is 20.2. The van der Waals surface area contributed by atoms with Gasteiger partial charge in [0.1, 0.15) is 6.61 Å². The molecule has 1 aliphatic rings. The predicted molar refractivity (Wildman–Crippen MR) is 174 cm³/mol. The fraction of sp³-hybridized carbons (Fsp3) is 0.229. The van der Waals surface area contributed by atoms with Crippen LogP contribution in [0.25, 0.3) is 6.08 Å². The van der Waals surface area contributed by atoms with Crippen molar-refractivity contribution in [2.75, 3.05) is 13.7 Å². The standard InChI is InChI=1S/C35H33ClN2O5S/c1-5-11-25-18-23(19-28(42-7-3)32(25)43-21-22-14-16-26(36)17-15-22)20-29-33(39)38-31(24-12-9-8-10-13-24)30(34(40)41-4)27(6-2)37-35(38)44-29/h5,8-10,12-20,31H,1,6-7,11,21H2,2-4H3/b29-20-/t31-/m0/s1. The van der Waals surface area contributed by atoms with Crippen LogP contribution in [0.5, 0.6) is 11.5 Å². The van der Waals surface area contributed by atoms with E-state index in [4.69, 9.17) is 30.8 Å². The second-order valence-electron chi connectivity index (χ2n) is 10.0. The molecule has 5 rings (SSSR count). The lowest BCUT2D eigenvalue weighted by molar-refractivity contribution is -0.136. The minimum Gasteiger partial charge on any atom is -0.490 e. The zero-order valence-corrected chi connectivity index (χ0v) is 26.4. The van der Waals surface area contributed by atoms with Gasteiger partial charge in [-0.3, -0.25) is 9.36 Å². The van der Waals surface area contributed by atoms with Gasteiger partial charge in [-0.05, 0) is 66.8 Å². The van der Waals surface area contributed by atoms with Crippen LogP contribution in [0.3, 0.4) is 0 Å². The lowest BCUT2D eigenvalue weighted by Gasteiger charge is -2.25. The first-order valence-electron chi connectivity index (χ1n) is 14.3. The summed E-state index contributed by atoms with van der Waals surface area (Å²) in [7, 11) is 1.34. The predicted octanol–water partition coefficient (Wildman–Crippen LogP) is 6.16. The number of hydrogen-bond donors (Lipinski definition) is 0. The number of carbonyl (C=O) groups excluding carboxylic acids is 1. The summed E-state index contributed by atoms with van der Waals surface area (Å²) in [6.45, 7) is 8.54. The zero-order chi connectivity index (χ0) is 31.2. The molecule has 0 fully saturated rings. The molecule has 7 nitrogen and oxygen atoms in total. The number of halogens is 1. The Bertz CT molecular complexity index is 1890. The summed E-state index contributed by atoms with van der Waals surface area (Å²) in [4.78, 5) is 32.4. The van der Waals surface area contributed by atoms with Crippen LogP contribution in [0.15, 0.2) is 100 Å². The molecular weight excluding hydrogens is 596 g/mol. The van der Waals surface area contributed by atoms with Crippen molar-refractivity contribution < 1.29 is 19.0 Å². The lowest BCUT2D eigenvalue weighted by atomic mass is 9.95. The lowest BCUT2D eigenvalue weighted by Crippen LogP contribution is -2.40. The molecule has 0 saturated heterocycles. The molecule has 226 valence electrons. The molecule has 0 amide bonds. The van der Waals surface area contributed by atoms with Crippen molar-refractivity contribution >= 4 is 35.0 Å². The van der Waals surface area contributed by atoms with Gasteiger partial charge in [0.2, 0.25) is 0 Å². The second kappa shape index (κ2) is 13.9. The first-order chi connectivity index (χ1) is 21.4. The van der Waals surface area contributed by atoms with E-state index in [0.717, 1.165) is 22.3 Å². The topological polar surface area (TPSA) is 79.1 Å². The molecular formula is C35H33ClN2O5S. The minimum atomic E-state index is -0.657. The maximum Gasteiger partial charge on any atom is 0.338 e. The molecule has 0 bridgehead atoms. The molecule has 0 spiro atoms. The average Bonchev–Trinajstić information content (AvgIpc) is 3.34. The Kier molecular flexibility index (Phi) is 9.82. The molecule has 9 heteroatoms. The monoisotopic (exact) mass is 628 g/mol. The molecule has 0 unspecified atom stereocenters. The average molecular weight is 629 g/mol. The van der Waals surface area contributed by atoms with Crippen LogP contribution in [0.4, 0.5) is 0 Å². The summed E-state index contributed by atoms with van der Waals surface area (Å²) >= 11 is 7.33. The maximum absolute atomic E-state index is 14.1. The number of fused-ring (bicyclic) bond motifs is 1. The molecule has 0 saturated carbocycles. The van der Waals surface area contributed by atoms with Crippen LogP contribution in [0.1, 0.15) is 48.6 Å². The highest BCUT2D eigenvalue weighted by Gasteiger charge is 2.33. The van der Waals surface area contributed by atoms with Crippen LogP contribution in [0, 0.1) is 0 Å². The van der Waals surface area contributed by atoms with E-state index in [1.54, 1.807) is 10.6 Å². The normalized spacial score (nSPS) is 14.5. The van der Waals surface area contributed by atoms with Crippen LogP contribution >= 0.6 is 22.9 Å². The molecule has 0 N–H and O–H groups in total.